The fourth-order valence-corrected chi connectivity index (χ4v) is 3.46. The molecule has 3 nitrogen and oxygen atoms in total. The van der Waals surface area contributed by atoms with Gasteiger partial charge >= 0.3 is 0 Å². The number of nitrogens with one attached hydrogen (secondary N) is 2. The molecule has 20 heavy (non-hydrogen) atoms. The van der Waals surface area contributed by atoms with Crippen molar-refractivity contribution in [3.63, 3.8) is 0 Å². The SMILES string of the molecule is c1cc2nc(C3CCC3)[nH]c2cc1CC1CCCCN1. The van der Waals surface area contributed by atoms with Crippen molar-refractivity contribution in [2.45, 2.75) is 56.9 Å². The van der Waals surface area contributed by atoms with E-state index >= 15 is 0 Å². The van der Waals surface area contributed by atoms with E-state index in [1.54, 1.807) is 0 Å². The molecule has 2 heterocycles. The number of nitrogens with zero attached hydrogens (tertiary/aromatic N) is 1. The van der Waals surface area contributed by atoms with Gasteiger partial charge in [0, 0.05) is 12.0 Å². The molecule has 1 aromatic carbocycles. The number of benzene rings is 1. The van der Waals surface area contributed by atoms with Crippen LogP contribution in [0, 0.1) is 0 Å². The molecule has 0 amide bonds. The Labute approximate surface area is 120 Å². The minimum Gasteiger partial charge on any atom is -0.342 e. The van der Waals surface area contributed by atoms with Crippen molar-refractivity contribution in [1.82, 2.24) is 15.3 Å². The Hall–Kier alpha value is -1.35. The molecule has 4 rings (SSSR count). The first-order chi connectivity index (χ1) is 9.88. The van der Waals surface area contributed by atoms with Crippen molar-refractivity contribution < 1.29 is 0 Å². The molecule has 0 bridgehead atoms. The van der Waals surface area contributed by atoms with Crippen molar-refractivity contribution >= 4 is 11.0 Å². The van der Waals surface area contributed by atoms with E-state index in [2.05, 4.69) is 28.5 Å². The summed E-state index contributed by atoms with van der Waals surface area (Å²) in [5.74, 6) is 1.89. The van der Waals surface area contributed by atoms with Gasteiger partial charge in [-0.1, -0.05) is 18.9 Å². The summed E-state index contributed by atoms with van der Waals surface area (Å²) in [5, 5.41) is 3.63. The zero-order chi connectivity index (χ0) is 13.4. The van der Waals surface area contributed by atoms with Crippen LogP contribution in [0.15, 0.2) is 18.2 Å². The fourth-order valence-electron chi connectivity index (χ4n) is 3.46. The first kappa shape index (κ1) is 12.4. The van der Waals surface area contributed by atoms with E-state index in [1.165, 1.54) is 62.0 Å². The van der Waals surface area contributed by atoms with Crippen LogP contribution in [-0.4, -0.2) is 22.6 Å². The molecule has 2 fully saturated rings. The summed E-state index contributed by atoms with van der Waals surface area (Å²) in [6, 6.07) is 7.41. The summed E-state index contributed by atoms with van der Waals surface area (Å²) in [6.45, 7) is 1.18. The van der Waals surface area contributed by atoms with Crippen molar-refractivity contribution in [1.29, 1.82) is 0 Å². The zero-order valence-electron chi connectivity index (χ0n) is 12.0. The number of imidazole rings is 1. The Bertz CT molecular complexity index is 591. The first-order valence-corrected chi connectivity index (χ1v) is 8.10. The van der Waals surface area contributed by atoms with E-state index in [-0.39, 0.29) is 0 Å². The molecule has 2 N–H and O–H groups in total. The van der Waals surface area contributed by atoms with Crippen LogP contribution in [0.2, 0.25) is 0 Å². The minimum atomic E-state index is 0.662. The largest absolute Gasteiger partial charge is 0.342 e. The maximum Gasteiger partial charge on any atom is 0.110 e. The molecule has 1 atom stereocenters. The van der Waals surface area contributed by atoms with Gasteiger partial charge in [0.2, 0.25) is 0 Å². The van der Waals surface area contributed by atoms with Gasteiger partial charge in [-0.15, -0.1) is 0 Å². The van der Waals surface area contributed by atoms with Crippen molar-refractivity contribution in [3.8, 4) is 0 Å². The monoisotopic (exact) mass is 269 g/mol. The van der Waals surface area contributed by atoms with Crippen LogP contribution in [0.25, 0.3) is 11.0 Å². The van der Waals surface area contributed by atoms with Gasteiger partial charge in [0.05, 0.1) is 11.0 Å². The average Bonchev–Trinajstić information content (AvgIpc) is 2.80. The standard InChI is InChI=1S/C17H23N3/c1-2-9-18-14(6-1)10-12-7-8-15-16(11-12)20-17(19-15)13-4-3-5-13/h7-8,11,13-14,18H,1-6,9-10H2,(H,19,20). The highest BCUT2D eigenvalue weighted by Crippen LogP contribution is 2.35. The quantitative estimate of drug-likeness (QED) is 0.895. The Morgan fingerprint density at radius 3 is 2.80 bits per heavy atom. The molecule has 1 aliphatic heterocycles. The summed E-state index contributed by atoms with van der Waals surface area (Å²) >= 11 is 0. The number of H-pyrrole nitrogens is 1. The van der Waals surface area contributed by atoms with Gasteiger partial charge in [0.15, 0.2) is 0 Å². The van der Waals surface area contributed by atoms with Crippen molar-refractivity contribution in [3.05, 3.63) is 29.6 Å². The number of hydrogen-bond acceptors (Lipinski definition) is 2. The lowest BCUT2D eigenvalue weighted by molar-refractivity contribution is 0.399. The number of rotatable bonds is 3. The van der Waals surface area contributed by atoms with E-state index in [0.717, 1.165) is 11.9 Å². The molecule has 2 aliphatic rings. The lowest BCUT2D eigenvalue weighted by Crippen LogP contribution is -2.35. The van der Waals surface area contributed by atoms with E-state index < -0.39 is 0 Å². The van der Waals surface area contributed by atoms with Gasteiger partial charge in [-0.05, 0) is 56.3 Å². The van der Waals surface area contributed by atoms with Crippen LogP contribution in [0.4, 0.5) is 0 Å². The van der Waals surface area contributed by atoms with Gasteiger partial charge in [0.25, 0.3) is 0 Å². The predicted octanol–water partition coefficient (Wildman–Crippen LogP) is 3.52. The molecule has 106 valence electrons. The smallest absolute Gasteiger partial charge is 0.110 e. The number of piperidine rings is 1. The van der Waals surface area contributed by atoms with Crippen LogP contribution in [0.1, 0.15) is 55.8 Å². The lowest BCUT2D eigenvalue weighted by atomic mass is 9.85. The van der Waals surface area contributed by atoms with Crippen LogP contribution in [0.3, 0.4) is 0 Å². The molecular weight excluding hydrogens is 246 g/mol. The molecule has 1 saturated heterocycles. The van der Waals surface area contributed by atoms with E-state index in [1.807, 2.05) is 0 Å². The molecular formula is C17H23N3. The lowest BCUT2D eigenvalue weighted by Gasteiger charge is -2.23. The van der Waals surface area contributed by atoms with Crippen LogP contribution < -0.4 is 5.32 Å². The summed E-state index contributed by atoms with van der Waals surface area (Å²) in [5.41, 5.74) is 3.79. The molecule has 0 radical (unpaired) electrons. The summed E-state index contributed by atoms with van der Waals surface area (Å²) in [4.78, 5) is 8.30. The molecule has 1 aromatic heterocycles. The second-order valence-electron chi connectivity index (χ2n) is 6.45. The number of fused-ring (bicyclic) bond motifs is 1. The summed E-state index contributed by atoms with van der Waals surface area (Å²) in [7, 11) is 0. The fraction of sp³-hybridized carbons (Fsp3) is 0.588. The highest BCUT2D eigenvalue weighted by molar-refractivity contribution is 5.76. The molecule has 1 saturated carbocycles. The zero-order valence-corrected chi connectivity index (χ0v) is 12.0. The second-order valence-corrected chi connectivity index (χ2v) is 6.45. The topological polar surface area (TPSA) is 40.7 Å². The molecule has 1 aliphatic carbocycles. The van der Waals surface area contributed by atoms with Gasteiger partial charge in [-0.2, -0.15) is 0 Å². The van der Waals surface area contributed by atoms with E-state index in [0.29, 0.717) is 12.0 Å². The van der Waals surface area contributed by atoms with Crippen LogP contribution >= 0.6 is 0 Å². The molecule has 1 unspecified atom stereocenters. The molecule has 0 spiro atoms. The van der Waals surface area contributed by atoms with E-state index in [4.69, 9.17) is 4.98 Å². The Balaban J connectivity index is 1.54. The Morgan fingerprint density at radius 2 is 2.05 bits per heavy atom. The highest BCUT2D eigenvalue weighted by atomic mass is 14.9. The summed E-state index contributed by atoms with van der Waals surface area (Å²) in [6.07, 6.45) is 9.14. The maximum absolute atomic E-state index is 4.75. The van der Waals surface area contributed by atoms with Crippen LogP contribution in [0.5, 0.6) is 0 Å². The van der Waals surface area contributed by atoms with Gasteiger partial charge in [0.1, 0.15) is 5.82 Å². The van der Waals surface area contributed by atoms with Crippen molar-refractivity contribution in [2.24, 2.45) is 0 Å². The Kier molecular flexibility index (Phi) is 3.23. The average molecular weight is 269 g/mol. The number of aromatic nitrogens is 2. The van der Waals surface area contributed by atoms with Gasteiger partial charge in [-0.25, -0.2) is 4.98 Å². The molecule has 2 aromatic rings. The number of aromatic amines is 1. The maximum atomic E-state index is 4.75. The third-order valence-electron chi connectivity index (χ3n) is 4.95. The first-order valence-electron chi connectivity index (χ1n) is 8.10. The van der Waals surface area contributed by atoms with Gasteiger partial charge in [-0.3, -0.25) is 0 Å². The number of hydrogen-bond donors (Lipinski definition) is 2. The second kappa shape index (κ2) is 5.21. The van der Waals surface area contributed by atoms with Gasteiger partial charge < -0.3 is 10.3 Å². The van der Waals surface area contributed by atoms with Crippen molar-refractivity contribution in [2.75, 3.05) is 6.54 Å². The normalized spacial score (nSPS) is 23.9. The van der Waals surface area contributed by atoms with E-state index in [9.17, 15) is 0 Å². The Morgan fingerprint density at radius 1 is 1.10 bits per heavy atom. The van der Waals surface area contributed by atoms with Crippen LogP contribution in [-0.2, 0) is 6.42 Å². The summed E-state index contributed by atoms with van der Waals surface area (Å²) < 4.78 is 0. The molecule has 3 heteroatoms. The third kappa shape index (κ3) is 2.35. The highest BCUT2D eigenvalue weighted by Gasteiger charge is 2.22. The predicted molar refractivity (Wildman–Crippen MR) is 82.0 cm³/mol. The minimum absolute atomic E-state index is 0.662. The third-order valence-corrected chi connectivity index (χ3v) is 4.95.